The molecule has 0 unspecified atom stereocenters. The van der Waals surface area contributed by atoms with E-state index in [-0.39, 0.29) is 16.8 Å². The smallest absolute Gasteiger partial charge is 0.328 e. The molecule has 0 aliphatic carbocycles. The minimum Gasteiger partial charge on any atom is -0.494 e. The largest absolute Gasteiger partial charge is 0.494 e. The fourth-order valence-electron chi connectivity index (χ4n) is 3.07. The van der Waals surface area contributed by atoms with Gasteiger partial charge in [0.1, 0.15) is 5.75 Å². The van der Waals surface area contributed by atoms with Crippen LogP contribution in [0.1, 0.15) is 31.5 Å². The highest BCUT2D eigenvalue weighted by Crippen LogP contribution is 2.30. The Morgan fingerprint density at radius 2 is 1.79 bits per heavy atom. The van der Waals surface area contributed by atoms with Crippen molar-refractivity contribution in [3.63, 3.8) is 0 Å². The third-order valence-electron chi connectivity index (χ3n) is 4.64. The summed E-state index contributed by atoms with van der Waals surface area (Å²) in [4.78, 5) is 18.8. The minimum absolute atomic E-state index is 0.100. The maximum atomic E-state index is 13.0. The summed E-state index contributed by atoms with van der Waals surface area (Å²) in [5.74, 6) is 0.717. The molecule has 33 heavy (non-hydrogen) atoms. The summed E-state index contributed by atoms with van der Waals surface area (Å²) in [5.41, 5.74) is 1.81. The molecule has 1 heterocycles. The number of carbonyl (C=O) groups is 1. The molecule has 0 aliphatic heterocycles. The van der Waals surface area contributed by atoms with Crippen molar-refractivity contribution in [2.75, 3.05) is 23.4 Å². The van der Waals surface area contributed by atoms with E-state index in [1.165, 1.54) is 4.90 Å². The van der Waals surface area contributed by atoms with Crippen molar-refractivity contribution in [2.45, 2.75) is 37.9 Å². The molecular weight excluding hydrogens is 460 g/mol. The van der Waals surface area contributed by atoms with Crippen LogP contribution in [0.15, 0.2) is 58.8 Å². The Kier molecular flexibility index (Phi) is 8.43. The topological polar surface area (TPSA) is 101 Å². The summed E-state index contributed by atoms with van der Waals surface area (Å²) in [6.07, 6.45) is 0.684. The fraction of sp³-hybridized carbons (Fsp3) is 0.304. The molecule has 0 fully saturated rings. The highest BCUT2D eigenvalue weighted by Gasteiger charge is 2.26. The summed E-state index contributed by atoms with van der Waals surface area (Å²) < 4.78 is 33.9. The van der Waals surface area contributed by atoms with Gasteiger partial charge in [0.15, 0.2) is 9.34 Å². The molecule has 10 heteroatoms. The summed E-state index contributed by atoms with van der Waals surface area (Å²) in [6.45, 7) is 6.60. The van der Waals surface area contributed by atoms with Crippen molar-refractivity contribution in [2.24, 2.45) is 0 Å². The second-order valence-corrected chi connectivity index (χ2v) is 10.2. The van der Waals surface area contributed by atoms with Gasteiger partial charge in [0, 0.05) is 18.8 Å². The van der Waals surface area contributed by atoms with Crippen LogP contribution in [0, 0.1) is 6.92 Å². The quantitative estimate of drug-likeness (QED) is 0.428. The van der Waals surface area contributed by atoms with Crippen molar-refractivity contribution < 1.29 is 17.9 Å². The Labute approximate surface area is 198 Å². The molecule has 0 bridgehead atoms. The van der Waals surface area contributed by atoms with Crippen LogP contribution in [-0.4, -0.2) is 32.6 Å². The van der Waals surface area contributed by atoms with Gasteiger partial charge in [0.05, 0.1) is 12.3 Å². The number of hydrogen-bond acceptors (Lipinski definition) is 6. The van der Waals surface area contributed by atoms with E-state index in [0.717, 1.165) is 16.9 Å². The number of nitrogens with zero attached hydrogens (tertiary/aromatic N) is 2. The average Bonchev–Trinajstić information content (AvgIpc) is 3.20. The van der Waals surface area contributed by atoms with E-state index in [0.29, 0.717) is 41.8 Å². The van der Waals surface area contributed by atoms with E-state index < -0.39 is 10.0 Å². The zero-order valence-electron chi connectivity index (χ0n) is 18.9. The zero-order valence-corrected chi connectivity index (χ0v) is 20.5. The van der Waals surface area contributed by atoms with Crippen molar-refractivity contribution in [1.29, 1.82) is 0 Å². The first-order valence-electron chi connectivity index (χ1n) is 10.7. The summed E-state index contributed by atoms with van der Waals surface area (Å²) in [7, 11) is -3.78. The van der Waals surface area contributed by atoms with Gasteiger partial charge in [-0.05, 0) is 50.1 Å². The van der Waals surface area contributed by atoms with E-state index >= 15 is 0 Å². The number of nitrogens with one attached hydrogen (secondary N) is 2. The Bertz CT molecular complexity index is 1160. The lowest BCUT2D eigenvalue weighted by Crippen LogP contribution is -2.35. The molecule has 0 atom stereocenters. The first-order chi connectivity index (χ1) is 15.8. The second-order valence-electron chi connectivity index (χ2n) is 7.22. The molecule has 0 saturated carbocycles. The second kappa shape index (κ2) is 11.3. The number of sulfonamides is 1. The number of rotatable bonds is 10. The first kappa shape index (κ1) is 24.7. The van der Waals surface area contributed by atoms with E-state index in [2.05, 4.69) is 15.0 Å². The van der Waals surface area contributed by atoms with Crippen LogP contribution >= 0.6 is 11.3 Å². The lowest BCUT2D eigenvalue weighted by atomic mass is 10.2. The van der Waals surface area contributed by atoms with Gasteiger partial charge in [-0.1, -0.05) is 48.6 Å². The van der Waals surface area contributed by atoms with Crippen molar-refractivity contribution in [3.05, 3.63) is 65.9 Å². The van der Waals surface area contributed by atoms with E-state index in [9.17, 15) is 13.2 Å². The van der Waals surface area contributed by atoms with Gasteiger partial charge in [-0.15, -0.1) is 0 Å². The molecule has 0 radical (unpaired) electrons. The lowest BCUT2D eigenvalue weighted by molar-refractivity contribution is 0.257. The molecule has 2 amide bonds. The highest BCUT2D eigenvalue weighted by molar-refractivity contribution is 7.91. The highest BCUT2D eigenvalue weighted by atomic mass is 32.2. The van der Waals surface area contributed by atoms with E-state index in [1.807, 2.05) is 44.2 Å². The normalized spacial score (nSPS) is 11.2. The molecule has 176 valence electrons. The number of aryl methyl sites for hydroxylation is 1. The molecule has 8 nitrogen and oxygen atoms in total. The predicted octanol–water partition coefficient (Wildman–Crippen LogP) is 4.78. The van der Waals surface area contributed by atoms with Gasteiger partial charge < -0.3 is 10.1 Å². The van der Waals surface area contributed by atoms with E-state index in [1.54, 1.807) is 31.2 Å². The lowest BCUT2D eigenvalue weighted by Gasteiger charge is -2.19. The molecule has 0 aliphatic rings. The number of urea groups is 1. The molecule has 3 aromatic rings. The van der Waals surface area contributed by atoms with Crippen LogP contribution in [0.3, 0.4) is 0 Å². The van der Waals surface area contributed by atoms with Crippen LogP contribution in [-0.2, 0) is 16.6 Å². The molecule has 1 aromatic heterocycles. The van der Waals surface area contributed by atoms with Crippen LogP contribution in [0.5, 0.6) is 5.75 Å². The molecule has 0 spiro atoms. The Morgan fingerprint density at radius 1 is 1.09 bits per heavy atom. The van der Waals surface area contributed by atoms with Gasteiger partial charge in [0.2, 0.25) is 0 Å². The summed E-state index contributed by atoms with van der Waals surface area (Å²) >= 11 is 0.981. The maximum absolute atomic E-state index is 13.0. The fourth-order valence-corrected chi connectivity index (χ4v) is 5.66. The van der Waals surface area contributed by atoms with Crippen LogP contribution in [0.25, 0.3) is 0 Å². The van der Waals surface area contributed by atoms with Gasteiger partial charge in [0.25, 0.3) is 10.0 Å². The summed E-state index contributed by atoms with van der Waals surface area (Å²) in [5, 5.41) is 3.17. The van der Waals surface area contributed by atoms with E-state index in [4.69, 9.17) is 4.74 Å². The Morgan fingerprint density at radius 3 is 2.42 bits per heavy atom. The number of hydrogen-bond donors (Lipinski definition) is 2. The predicted molar refractivity (Wildman–Crippen MR) is 132 cm³/mol. The number of ether oxygens (including phenoxy) is 1. The van der Waals surface area contributed by atoms with Gasteiger partial charge in [-0.2, -0.15) is 0 Å². The zero-order chi connectivity index (χ0) is 23.8. The minimum atomic E-state index is -3.78. The number of carbonyl (C=O) groups excluding carboxylic acids is 1. The Hall–Kier alpha value is -2.95. The molecule has 0 saturated heterocycles. The molecule has 3 rings (SSSR count). The number of benzene rings is 2. The first-order valence-corrected chi connectivity index (χ1v) is 13.0. The maximum Gasteiger partial charge on any atom is 0.328 e. The van der Waals surface area contributed by atoms with Crippen molar-refractivity contribution in [1.82, 2.24) is 9.71 Å². The molecule has 2 aromatic carbocycles. The van der Waals surface area contributed by atoms with Gasteiger partial charge in [-0.25, -0.2) is 22.9 Å². The number of thiazole rings is 1. The van der Waals surface area contributed by atoms with Gasteiger partial charge >= 0.3 is 6.03 Å². The third kappa shape index (κ3) is 6.53. The van der Waals surface area contributed by atoms with Crippen molar-refractivity contribution >= 4 is 38.2 Å². The number of anilines is 2. The summed E-state index contributed by atoms with van der Waals surface area (Å²) in [6, 6.07) is 16.0. The third-order valence-corrected chi connectivity index (χ3v) is 7.83. The van der Waals surface area contributed by atoms with Crippen molar-refractivity contribution in [3.8, 4) is 5.75 Å². The average molecular weight is 489 g/mol. The SMILES string of the molecule is CCCN(C(=O)Nc1ccc(OCC)cc1)c1nc(C)c(S(=O)(=O)NCc2ccccc2)s1. The van der Waals surface area contributed by atoms with Crippen LogP contribution < -0.4 is 19.7 Å². The Balaban J connectivity index is 1.76. The number of aromatic nitrogens is 1. The van der Waals surface area contributed by atoms with Crippen LogP contribution in [0.2, 0.25) is 0 Å². The molecule has 2 N–H and O–H groups in total. The van der Waals surface area contributed by atoms with Gasteiger partial charge in [-0.3, -0.25) is 4.90 Å². The molecular formula is C23H28N4O4S2. The number of amides is 2. The standard InChI is InChI=1S/C23H28N4O4S2/c1-4-15-27(22(28)26-19-11-13-20(14-12-19)31-5-2)23-25-17(3)21(32-23)33(29,30)24-16-18-9-7-6-8-10-18/h6-14,24H,4-5,15-16H2,1-3H3,(H,26,28). The monoisotopic (exact) mass is 488 g/mol. The van der Waals surface area contributed by atoms with Crippen LogP contribution in [0.4, 0.5) is 15.6 Å².